The van der Waals surface area contributed by atoms with Crippen LogP contribution in [0.15, 0.2) is 48.5 Å². The molecule has 0 aromatic heterocycles. The highest BCUT2D eigenvalue weighted by atomic mass is 19.1. The van der Waals surface area contributed by atoms with Crippen molar-refractivity contribution in [1.82, 2.24) is 0 Å². The molecule has 9 nitrogen and oxygen atoms in total. The van der Waals surface area contributed by atoms with Crippen molar-refractivity contribution in [2.75, 3.05) is 26.4 Å². The molecule has 218 valence electrons. The molecule has 1 fully saturated rings. The summed E-state index contributed by atoms with van der Waals surface area (Å²) in [7, 11) is 0. The lowest BCUT2D eigenvalue weighted by atomic mass is 9.96. The van der Waals surface area contributed by atoms with Crippen molar-refractivity contribution in [3.05, 3.63) is 76.6 Å². The summed E-state index contributed by atoms with van der Waals surface area (Å²) in [4.78, 5) is 11.1. The molecule has 3 aromatic rings. The van der Waals surface area contributed by atoms with Crippen molar-refractivity contribution in [2.45, 2.75) is 49.7 Å². The Morgan fingerprint density at radius 3 is 2.67 bits per heavy atom. The fourth-order valence-electron chi connectivity index (χ4n) is 5.75. The molecule has 2 N–H and O–H groups in total. The zero-order valence-electron chi connectivity index (χ0n) is 22.8. The van der Waals surface area contributed by atoms with Gasteiger partial charge in [0.1, 0.15) is 58.9 Å². The summed E-state index contributed by atoms with van der Waals surface area (Å²) >= 11 is 0. The molecule has 0 radical (unpaired) electrons. The summed E-state index contributed by atoms with van der Waals surface area (Å²) in [6.45, 7) is 1.27. The molecule has 0 amide bonds. The molecule has 3 aromatic carbocycles. The van der Waals surface area contributed by atoms with Crippen LogP contribution < -0.4 is 18.9 Å². The topological polar surface area (TPSA) is 127 Å². The van der Waals surface area contributed by atoms with E-state index in [9.17, 15) is 15.2 Å². The van der Waals surface area contributed by atoms with E-state index in [2.05, 4.69) is 6.07 Å². The van der Waals surface area contributed by atoms with Gasteiger partial charge in [-0.3, -0.25) is 4.79 Å². The standard InChI is InChI=1S/C32H30FNO8/c33-25-5-8-27(41-21-2-6-26(19(13-21)16-34)40-18-32(37)9-11-38-12-10-32)24-4-7-28(31(24)25)42-22-1-3-23-20(14-30(35)36)17-39-29(23)15-22/h1-3,5-6,8,13,15,20,28,37H,4,7,9-12,14,17-18H2,(H,35,36). The van der Waals surface area contributed by atoms with Gasteiger partial charge >= 0.3 is 5.97 Å². The molecule has 42 heavy (non-hydrogen) atoms. The molecule has 1 aliphatic carbocycles. The van der Waals surface area contributed by atoms with Gasteiger partial charge in [-0.25, -0.2) is 4.39 Å². The van der Waals surface area contributed by atoms with Gasteiger partial charge < -0.3 is 33.9 Å². The number of halogens is 1. The molecule has 6 rings (SSSR count). The predicted octanol–water partition coefficient (Wildman–Crippen LogP) is 5.43. The number of aliphatic carboxylic acids is 1. The van der Waals surface area contributed by atoms with E-state index in [0.29, 0.717) is 85.4 Å². The maximum Gasteiger partial charge on any atom is 0.304 e. The van der Waals surface area contributed by atoms with E-state index >= 15 is 4.39 Å². The average molecular weight is 576 g/mol. The third-order valence-corrected chi connectivity index (χ3v) is 8.02. The largest absolute Gasteiger partial charge is 0.492 e. The lowest BCUT2D eigenvalue weighted by Crippen LogP contribution is -2.41. The number of fused-ring (bicyclic) bond motifs is 2. The Labute approximate surface area is 242 Å². The molecule has 2 aliphatic heterocycles. The molecule has 1 saturated heterocycles. The number of benzene rings is 3. The molecule has 10 heteroatoms. The Hall–Kier alpha value is -4.33. The van der Waals surface area contributed by atoms with E-state index in [-0.39, 0.29) is 24.5 Å². The van der Waals surface area contributed by atoms with Crippen LogP contribution >= 0.6 is 0 Å². The summed E-state index contributed by atoms with van der Waals surface area (Å²) in [6, 6.07) is 15.2. The van der Waals surface area contributed by atoms with E-state index in [4.69, 9.17) is 28.8 Å². The average Bonchev–Trinajstić information content (AvgIpc) is 3.58. The van der Waals surface area contributed by atoms with Gasteiger partial charge in [0.25, 0.3) is 0 Å². The van der Waals surface area contributed by atoms with Gasteiger partial charge in [-0.15, -0.1) is 0 Å². The number of nitriles is 1. The highest BCUT2D eigenvalue weighted by molar-refractivity contribution is 5.69. The van der Waals surface area contributed by atoms with E-state index in [0.717, 1.165) is 5.56 Å². The van der Waals surface area contributed by atoms with Crippen molar-refractivity contribution in [1.29, 1.82) is 5.26 Å². The molecular formula is C32H30FNO8. The zero-order chi connectivity index (χ0) is 29.3. The molecule has 2 unspecified atom stereocenters. The van der Waals surface area contributed by atoms with Crippen LogP contribution in [-0.4, -0.2) is 48.2 Å². The van der Waals surface area contributed by atoms with Crippen LogP contribution in [0.3, 0.4) is 0 Å². The third-order valence-electron chi connectivity index (χ3n) is 8.02. The predicted molar refractivity (Wildman–Crippen MR) is 147 cm³/mol. The normalized spacial score (nSPS) is 20.1. The Bertz CT molecular complexity index is 1540. The molecular weight excluding hydrogens is 545 g/mol. The van der Waals surface area contributed by atoms with Crippen LogP contribution in [0.1, 0.15) is 60.0 Å². The van der Waals surface area contributed by atoms with Crippen LogP contribution in [0.25, 0.3) is 0 Å². The number of carboxylic acid groups (broad SMARTS) is 1. The van der Waals surface area contributed by atoms with Gasteiger partial charge in [-0.2, -0.15) is 5.26 Å². The van der Waals surface area contributed by atoms with E-state index in [1.54, 1.807) is 42.5 Å². The number of hydrogen-bond acceptors (Lipinski definition) is 8. The second kappa shape index (κ2) is 11.5. The lowest BCUT2D eigenvalue weighted by molar-refractivity contribution is -0.137. The summed E-state index contributed by atoms with van der Waals surface area (Å²) in [5.41, 5.74) is 1.20. The molecule has 2 atom stereocenters. The number of carboxylic acids is 1. The minimum absolute atomic E-state index is 0.0119. The van der Waals surface area contributed by atoms with Gasteiger partial charge in [0.2, 0.25) is 0 Å². The summed E-state index contributed by atoms with van der Waals surface area (Å²) in [5, 5.41) is 29.5. The van der Waals surface area contributed by atoms with E-state index in [1.165, 1.54) is 6.07 Å². The lowest BCUT2D eigenvalue weighted by Gasteiger charge is -2.31. The summed E-state index contributed by atoms with van der Waals surface area (Å²) in [6.07, 6.45) is 1.44. The number of ether oxygens (including phenoxy) is 5. The highest BCUT2D eigenvalue weighted by Gasteiger charge is 2.33. The van der Waals surface area contributed by atoms with E-state index in [1.807, 2.05) is 0 Å². The first-order valence-electron chi connectivity index (χ1n) is 13.9. The van der Waals surface area contributed by atoms with Gasteiger partial charge in [-0.1, -0.05) is 6.07 Å². The van der Waals surface area contributed by atoms with Crippen molar-refractivity contribution >= 4 is 5.97 Å². The van der Waals surface area contributed by atoms with Crippen molar-refractivity contribution < 1.29 is 43.1 Å². The molecule has 0 saturated carbocycles. The Morgan fingerprint density at radius 1 is 1.10 bits per heavy atom. The minimum Gasteiger partial charge on any atom is -0.492 e. The summed E-state index contributed by atoms with van der Waals surface area (Å²) < 4.78 is 44.2. The number of nitrogens with zero attached hydrogens (tertiary/aromatic N) is 1. The maximum absolute atomic E-state index is 15.1. The SMILES string of the molecule is N#Cc1cc(Oc2ccc(F)c3c2CCC3Oc2ccc3c(c2)OCC3CC(=O)O)ccc1OCC1(O)CCOCC1. The number of hydrogen-bond donors (Lipinski definition) is 2. The number of aliphatic hydroxyl groups is 1. The smallest absolute Gasteiger partial charge is 0.304 e. The first-order chi connectivity index (χ1) is 20.3. The van der Waals surface area contributed by atoms with Gasteiger partial charge in [0, 0.05) is 60.8 Å². The van der Waals surface area contributed by atoms with Crippen LogP contribution in [-0.2, 0) is 16.0 Å². The third kappa shape index (κ3) is 5.71. The number of rotatable bonds is 9. The zero-order valence-corrected chi connectivity index (χ0v) is 22.8. The minimum atomic E-state index is -0.997. The Kier molecular flexibility index (Phi) is 7.62. The van der Waals surface area contributed by atoms with Crippen LogP contribution in [0, 0.1) is 17.1 Å². The van der Waals surface area contributed by atoms with Gasteiger partial charge in [0.05, 0.1) is 18.6 Å². The number of carbonyl (C=O) groups is 1. The van der Waals surface area contributed by atoms with Crippen LogP contribution in [0.4, 0.5) is 4.39 Å². The molecule has 2 heterocycles. The molecule has 0 spiro atoms. The maximum atomic E-state index is 15.1. The fourth-order valence-corrected chi connectivity index (χ4v) is 5.75. The second-order valence-electron chi connectivity index (χ2n) is 10.9. The quantitative estimate of drug-likeness (QED) is 0.343. The monoisotopic (exact) mass is 575 g/mol. The fraction of sp³-hybridized carbons (Fsp3) is 0.375. The van der Waals surface area contributed by atoms with Crippen molar-refractivity contribution in [3.8, 4) is 34.8 Å². The summed E-state index contributed by atoms with van der Waals surface area (Å²) in [5.74, 6) is 0.808. The molecule has 3 aliphatic rings. The Morgan fingerprint density at radius 2 is 1.88 bits per heavy atom. The highest BCUT2D eigenvalue weighted by Crippen LogP contribution is 2.44. The Balaban J connectivity index is 1.16. The van der Waals surface area contributed by atoms with Crippen LogP contribution in [0.2, 0.25) is 0 Å². The van der Waals surface area contributed by atoms with Crippen LogP contribution in [0.5, 0.6) is 28.7 Å². The first-order valence-corrected chi connectivity index (χ1v) is 13.9. The van der Waals surface area contributed by atoms with Gasteiger partial charge in [0.15, 0.2) is 0 Å². The second-order valence-corrected chi connectivity index (χ2v) is 10.9. The van der Waals surface area contributed by atoms with Crippen molar-refractivity contribution in [3.63, 3.8) is 0 Å². The first kappa shape index (κ1) is 27.8. The molecule has 0 bridgehead atoms. The van der Waals surface area contributed by atoms with E-state index < -0.39 is 23.5 Å². The van der Waals surface area contributed by atoms with Gasteiger partial charge in [-0.05, 0) is 43.2 Å². The van der Waals surface area contributed by atoms with Crippen molar-refractivity contribution in [2.24, 2.45) is 0 Å².